The number of fused-ring (bicyclic) bond motifs is 4. The number of amides is 1. The van der Waals surface area contributed by atoms with E-state index in [1.54, 1.807) is 17.8 Å². The molecule has 0 radical (unpaired) electrons. The van der Waals surface area contributed by atoms with Crippen LogP contribution in [-0.4, -0.2) is 33.5 Å². The van der Waals surface area contributed by atoms with Gasteiger partial charge in [0, 0.05) is 23.3 Å². The number of rotatable bonds is 4. The fraction of sp³-hybridized carbons (Fsp3) is 0.261. The third-order valence-electron chi connectivity index (χ3n) is 5.61. The van der Waals surface area contributed by atoms with Gasteiger partial charge in [0.1, 0.15) is 25.3 Å². The van der Waals surface area contributed by atoms with Crippen LogP contribution in [0.25, 0.3) is 21.8 Å². The molecule has 8 heteroatoms. The summed E-state index contributed by atoms with van der Waals surface area (Å²) in [6, 6.07) is 13.1. The number of benzene rings is 2. The normalized spacial score (nSPS) is 14.0. The maximum absolute atomic E-state index is 13.0. The fourth-order valence-corrected chi connectivity index (χ4v) is 4.05. The van der Waals surface area contributed by atoms with Crippen LogP contribution in [0.1, 0.15) is 18.5 Å². The number of nitrogens with one attached hydrogen (secondary N) is 1. The molecule has 1 N–H and O–H groups in total. The smallest absolute Gasteiger partial charge is 0.291 e. The van der Waals surface area contributed by atoms with Crippen LogP contribution in [0.5, 0.6) is 11.5 Å². The Morgan fingerprint density at radius 1 is 1.13 bits per heavy atom. The summed E-state index contributed by atoms with van der Waals surface area (Å²) >= 11 is 0. The van der Waals surface area contributed by atoms with Crippen molar-refractivity contribution in [3.8, 4) is 11.5 Å². The van der Waals surface area contributed by atoms with Crippen LogP contribution >= 0.6 is 0 Å². The summed E-state index contributed by atoms with van der Waals surface area (Å²) in [6.07, 6.45) is 1.67. The highest BCUT2D eigenvalue weighted by molar-refractivity contribution is 6.07. The third kappa shape index (κ3) is 3.30. The van der Waals surface area contributed by atoms with Crippen molar-refractivity contribution < 1.29 is 14.3 Å². The van der Waals surface area contributed by atoms with E-state index in [-0.39, 0.29) is 24.1 Å². The van der Waals surface area contributed by atoms with E-state index in [0.29, 0.717) is 30.2 Å². The van der Waals surface area contributed by atoms with Crippen molar-refractivity contribution in [2.75, 3.05) is 13.2 Å². The minimum absolute atomic E-state index is 0.0260. The van der Waals surface area contributed by atoms with E-state index >= 15 is 0 Å². The summed E-state index contributed by atoms with van der Waals surface area (Å²) in [6.45, 7) is 2.98. The number of carbonyl (C=O) groups is 1. The van der Waals surface area contributed by atoms with Crippen LogP contribution in [0, 0.1) is 0 Å². The van der Waals surface area contributed by atoms with Crippen LogP contribution in [0.4, 0.5) is 0 Å². The SMILES string of the molecule is C[C@@H](NC(=O)Cn1c2ccccc2c2cnn(C)c(=O)c21)c1ccc2c(c1)OCCO2. The van der Waals surface area contributed by atoms with E-state index in [2.05, 4.69) is 10.4 Å². The Balaban J connectivity index is 1.45. The average Bonchev–Trinajstić information content (AvgIpc) is 3.10. The molecule has 2 aromatic carbocycles. The van der Waals surface area contributed by atoms with Gasteiger partial charge in [-0.2, -0.15) is 5.10 Å². The van der Waals surface area contributed by atoms with Gasteiger partial charge in [-0.05, 0) is 30.7 Å². The van der Waals surface area contributed by atoms with E-state index < -0.39 is 0 Å². The predicted molar refractivity (Wildman–Crippen MR) is 116 cm³/mol. The van der Waals surface area contributed by atoms with E-state index in [0.717, 1.165) is 21.9 Å². The van der Waals surface area contributed by atoms with Gasteiger partial charge < -0.3 is 19.4 Å². The van der Waals surface area contributed by atoms with Gasteiger partial charge in [0.25, 0.3) is 5.56 Å². The van der Waals surface area contributed by atoms with Crippen molar-refractivity contribution in [3.63, 3.8) is 0 Å². The Labute approximate surface area is 178 Å². The molecule has 0 unspecified atom stereocenters. The van der Waals surface area contributed by atoms with Gasteiger partial charge in [-0.1, -0.05) is 24.3 Å². The lowest BCUT2D eigenvalue weighted by Crippen LogP contribution is -2.31. The molecule has 0 fully saturated rings. The number of aromatic nitrogens is 3. The zero-order valence-corrected chi connectivity index (χ0v) is 17.3. The molecule has 0 bridgehead atoms. The highest BCUT2D eigenvalue weighted by Gasteiger charge is 2.19. The lowest BCUT2D eigenvalue weighted by Gasteiger charge is -2.21. The number of hydrogen-bond acceptors (Lipinski definition) is 5. The van der Waals surface area contributed by atoms with Gasteiger partial charge in [-0.25, -0.2) is 4.68 Å². The fourth-order valence-electron chi connectivity index (χ4n) is 4.05. The molecule has 1 atom stereocenters. The van der Waals surface area contributed by atoms with Gasteiger partial charge >= 0.3 is 0 Å². The Bertz CT molecular complexity index is 1370. The van der Waals surface area contributed by atoms with Gasteiger partial charge in [0.2, 0.25) is 5.91 Å². The van der Waals surface area contributed by atoms with Crippen molar-refractivity contribution in [1.29, 1.82) is 0 Å². The minimum Gasteiger partial charge on any atom is -0.486 e. The van der Waals surface area contributed by atoms with Crippen molar-refractivity contribution in [2.24, 2.45) is 7.05 Å². The number of para-hydroxylation sites is 1. The second-order valence-corrected chi connectivity index (χ2v) is 7.63. The molecule has 0 aliphatic carbocycles. The Hall–Kier alpha value is -3.81. The summed E-state index contributed by atoms with van der Waals surface area (Å²) in [7, 11) is 1.60. The molecule has 1 aliphatic rings. The molecule has 158 valence electrons. The van der Waals surface area contributed by atoms with Crippen LogP contribution in [0.15, 0.2) is 53.5 Å². The standard InChI is InChI=1S/C23H22N4O4/c1-14(15-7-8-19-20(11-15)31-10-9-30-19)25-21(28)13-27-18-6-4-3-5-16(18)17-12-24-26(2)23(29)22(17)27/h3-8,11-12,14H,9-10,13H2,1-2H3,(H,25,28)/t14-/m1/s1. The number of hydrogen-bond donors (Lipinski definition) is 1. The van der Waals surface area contributed by atoms with E-state index in [1.165, 1.54) is 4.68 Å². The molecule has 4 aromatic rings. The van der Waals surface area contributed by atoms with Gasteiger partial charge in [-0.3, -0.25) is 9.59 Å². The Kier molecular flexibility index (Phi) is 4.62. The molecule has 0 spiro atoms. The first-order valence-corrected chi connectivity index (χ1v) is 10.1. The molecule has 31 heavy (non-hydrogen) atoms. The van der Waals surface area contributed by atoms with Crippen LogP contribution in [0.2, 0.25) is 0 Å². The monoisotopic (exact) mass is 418 g/mol. The summed E-state index contributed by atoms with van der Waals surface area (Å²) in [5.41, 5.74) is 1.98. The molecule has 0 saturated heterocycles. The van der Waals surface area contributed by atoms with Crippen LogP contribution in [-0.2, 0) is 18.4 Å². The van der Waals surface area contributed by atoms with Crippen molar-refractivity contribution >= 4 is 27.7 Å². The summed E-state index contributed by atoms with van der Waals surface area (Å²) in [5, 5.41) is 8.81. The summed E-state index contributed by atoms with van der Waals surface area (Å²) < 4.78 is 14.2. The molecule has 8 nitrogen and oxygen atoms in total. The lowest BCUT2D eigenvalue weighted by atomic mass is 10.1. The lowest BCUT2D eigenvalue weighted by molar-refractivity contribution is -0.122. The maximum atomic E-state index is 13.0. The van der Waals surface area contributed by atoms with Crippen LogP contribution < -0.4 is 20.3 Å². The quantitative estimate of drug-likeness (QED) is 0.550. The Morgan fingerprint density at radius 3 is 2.74 bits per heavy atom. The largest absolute Gasteiger partial charge is 0.486 e. The van der Waals surface area contributed by atoms with Gasteiger partial charge in [-0.15, -0.1) is 0 Å². The van der Waals surface area contributed by atoms with E-state index in [9.17, 15) is 9.59 Å². The molecule has 0 saturated carbocycles. The first-order chi connectivity index (χ1) is 15.0. The highest BCUT2D eigenvalue weighted by Crippen LogP contribution is 2.32. The third-order valence-corrected chi connectivity index (χ3v) is 5.61. The number of ether oxygens (including phenoxy) is 2. The van der Waals surface area contributed by atoms with Crippen LogP contribution in [0.3, 0.4) is 0 Å². The first-order valence-electron chi connectivity index (χ1n) is 10.1. The number of carbonyl (C=O) groups excluding carboxylic acids is 1. The number of nitrogens with zero attached hydrogens (tertiary/aromatic N) is 3. The molecule has 3 heterocycles. The number of aryl methyl sites for hydroxylation is 1. The second kappa shape index (κ2) is 7.46. The molecular weight excluding hydrogens is 396 g/mol. The molecule has 1 amide bonds. The topological polar surface area (TPSA) is 87.4 Å². The van der Waals surface area contributed by atoms with Crippen molar-refractivity contribution in [1.82, 2.24) is 19.7 Å². The summed E-state index contributed by atoms with van der Waals surface area (Å²) in [4.78, 5) is 25.8. The zero-order valence-electron chi connectivity index (χ0n) is 17.3. The van der Waals surface area contributed by atoms with E-state index in [4.69, 9.17) is 9.47 Å². The minimum atomic E-state index is -0.235. The molecule has 1 aliphatic heterocycles. The zero-order chi connectivity index (χ0) is 21.5. The maximum Gasteiger partial charge on any atom is 0.291 e. The summed E-state index contributed by atoms with van der Waals surface area (Å²) in [5.74, 6) is 1.20. The molecule has 2 aromatic heterocycles. The highest BCUT2D eigenvalue weighted by atomic mass is 16.6. The molecule has 5 rings (SSSR count). The first kappa shape index (κ1) is 19.2. The van der Waals surface area contributed by atoms with Gasteiger partial charge in [0.05, 0.1) is 12.2 Å². The van der Waals surface area contributed by atoms with Crippen molar-refractivity contribution in [2.45, 2.75) is 19.5 Å². The second-order valence-electron chi connectivity index (χ2n) is 7.63. The molecular formula is C23H22N4O4. The van der Waals surface area contributed by atoms with E-state index in [1.807, 2.05) is 49.4 Å². The van der Waals surface area contributed by atoms with Gasteiger partial charge in [0.15, 0.2) is 11.5 Å². The average molecular weight is 418 g/mol. The van der Waals surface area contributed by atoms with Crippen molar-refractivity contribution in [3.05, 3.63) is 64.6 Å². The Morgan fingerprint density at radius 2 is 1.90 bits per heavy atom. The predicted octanol–water partition coefficient (Wildman–Crippen LogP) is 2.54.